The molecular weight excluding hydrogens is 308 g/mol. The van der Waals surface area contributed by atoms with Crippen molar-refractivity contribution in [1.29, 1.82) is 0 Å². The topological polar surface area (TPSA) is 58.1 Å². The molecule has 0 unspecified atom stereocenters. The highest BCUT2D eigenvalue weighted by Crippen LogP contribution is 2.29. The number of para-hydroxylation sites is 1. The van der Waals surface area contributed by atoms with E-state index in [0.717, 1.165) is 27.8 Å². The molecule has 6 heteroatoms. The number of nitrogens with one attached hydrogen (secondary N) is 1. The van der Waals surface area contributed by atoms with E-state index in [-0.39, 0.29) is 17.9 Å². The molecule has 2 rings (SSSR count). The molecule has 1 aromatic carbocycles. The molecule has 1 N–H and O–H groups in total. The number of aryl methyl sites for hydroxylation is 1. The van der Waals surface area contributed by atoms with Gasteiger partial charge in [0.1, 0.15) is 5.01 Å². The van der Waals surface area contributed by atoms with Crippen molar-refractivity contribution >= 4 is 28.1 Å². The van der Waals surface area contributed by atoms with Crippen LogP contribution in [0.5, 0.6) is 0 Å². The van der Waals surface area contributed by atoms with E-state index in [1.54, 1.807) is 0 Å². The van der Waals surface area contributed by atoms with Gasteiger partial charge in [-0.2, -0.15) is 0 Å². The fourth-order valence-electron chi connectivity index (χ4n) is 2.10. The Morgan fingerprint density at radius 1 is 1.26 bits per heavy atom. The second-order valence-electron chi connectivity index (χ2n) is 6.55. The summed E-state index contributed by atoms with van der Waals surface area (Å²) < 4.78 is 0. The van der Waals surface area contributed by atoms with E-state index in [0.29, 0.717) is 0 Å². The Labute approximate surface area is 141 Å². The van der Waals surface area contributed by atoms with Gasteiger partial charge in [-0.05, 0) is 18.1 Å². The molecule has 0 aliphatic heterocycles. The van der Waals surface area contributed by atoms with Crippen LogP contribution < -0.4 is 10.2 Å². The van der Waals surface area contributed by atoms with Gasteiger partial charge in [0.2, 0.25) is 11.0 Å². The maximum atomic E-state index is 12.3. The summed E-state index contributed by atoms with van der Waals surface area (Å²) in [5, 5.41) is 13.1. The first kappa shape index (κ1) is 17.4. The van der Waals surface area contributed by atoms with Crippen LogP contribution in [0.1, 0.15) is 38.3 Å². The Morgan fingerprint density at radius 3 is 2.57 bits per heavy atom. The van der Waals surface area contributed by atoms with Gasteiger partial charge in [0, 0.05) is 18.2 Å². The molecule has 0 saturated heterocycles. The first-order valence-electron chi connectivity index (χ1n) is 7.74. The molecule has 23 heavy (non-hydrogen) atoms. The maximum absolute atomic E-state index is 12.3. The molecule has 0 bridgehead atoms. The smallest absolute Gasteiger partial charge is 0.243 e. The quantitative estimate of drug-likeness (QED) is 0.911. The molecule has 0 radical (unpaired) electrons. The summed E-state index contributed by atoms with van der Waals surface area (Å²) in [4.78, 5) is 14.1. The van der Waals surface area contributed by atoms with Crippen LogP contribution >= 0.6 is 11.3 Å². The van der Waals surface area contributed by atoms with Crippen molar-refractivity contribution < 1.29 is 4.79 Å². The van der Waals surface area contributed by atoms with Crippen molar-refractivity contribution in [1.82, 2.24) is 10.2 Å². The zero-order valence-electron chi connectivity index (χ0n) is 14.4. The zero-order valence-corrected chi connectivity index (χ0v) is 15.2. The van der Waals surface area contributed by atoms with Crippen molar-refractivity contribution in [2.45, 2.75) is 39.5 Å². The number of carbonyl (C=O) groups is 1. The van der Waals surface area contributed by atoms with Crippen molar-refractivity contribution in [3.63, 3.8) is 0 Å². The molecule has 0 fully saturated rings. The summed E-state index contributed by atoms with van der Waals surface area (Å²) >= 11 is 1.53. The van der Waals surface area contributed by atoms with E-state index in [1.165, 1.54) is 11.3 Å². The molecule has 5 nitrogen and oxygen atoms in total. The van der Waals surface area contributed by atoms with E-state index < -0.39 is 0 Å². The number of rotatable bonds is 5. The van der Waals surface area contributed by atoms with Gasteiger partial charge in [-0.15, -0.1) is 10.2 Å². The van der Waals surface area contributed by atoms with Crippen LogP contribution in [0.3, 0.4) is 0 Å². The number of anilines is 2. The average Bonchev–Trinajstić information content (AvgIpc) is 2.97. The van der Waals surface area contributed by atoms with E-state index in [9.17, 15) is 4.79 Å². The van der Waals surface area contributed by atoms with Crippen LogP contribution in [-0.2, 0) is 16.6 Å². The SMILES string of the molecule is CCc1ccccc1NC(=O)CN(C)c1nnc(C(C)(C)C)s1. The number of aromatic nitrogens is 2. The lowest BCUT2D eigenvalue weighted by atomic mass is 9.98. The summed E-state index contributed by atoms with van der Waals surface area (Å²) in [6.45, 7) is 8.63. The molecule has 0 aliphatic carbocycles. The molecule has 1 heterocycles. The third-order valence-corrected chi connectivity index (χ3v) is 4.90. The Bertz CT molecular complexity index is 675. The summed E-state index contributed by atoms with van der Waals surface area (Å²) in [7, 11) is 1.86. The van der Waals surface area contributed by atoms with Gasteiger partial charge < -0.3 is 10.2 Å². The van der Waals surface area contributed by atoms with Crippen LogP contribution in [0.4, 0.5) is 10.8 Å². The first-order valence-corrected chi connectivity index (χ1v) is 8.55. The number of carbonyl (C=O) groups excluding carboxylic acids is 1. The van der Waals surface area contributed by atoms with Crippen molar-refractivity contribution in [2.24, 2.45) is 0 Å². The highest BCUT2D eigenvalue weighted by Gasteiger charge is 2.21. The fourth-order valence-corrected chi connectivity index (χ4v) is 2.96. The third-order valence-electron chi connectivity index (χ3n) is 3.44. The first-order chi connectivity index (χ1) is 10.8. The van der Waals surface area contributed by atoms with Gasteiger partial charge in [-0.1, -0.05) is 57.2 Å². The van der Waals surface area contributed by atoms with Gasteiger partial charge in [0.25, 0.3) is 0 Å². The number of hydrogen-bond donors (Lipinski definition) is 1. The minimum Gasteiger partial charge on any atom is -0.340 e. The fraction of sp³-hybridized carbons (Fsp3) is 0.471. The molecule has 1 aromatic heterocycles. The molecule has 124 valence electrons. The number of likely N-dealkylation sites (N-methyl/N-ethyl adjacent to an activating group) is 1. The Balaban J connectivity index is 2.01. The molecular formula is C17H24N4OS. The Kier molecular flexibility index (Phi) is 5.36. The molecule has 1 amide bonds. The van der Waals surface area contributed by atoms with Crippen LogP contribution in [-0.4, -0.2) is 29.7 Å². The average molecular weight is 332 g/mol. The highest BCUT2D eigenvalue weighted by atomic mass is 32.1. The minimum absolute atomic E-state index is 0.0287. The van der Waals surface area contributed by atoms with Gasteiger partial charge in [-0.25, -0.2) is 0 Å². The van der Waals surface area contributed by atoms with Crippen LogP contribution in [0.25, 0.3) is 0 Å². The Morgan fingerprint density at radius 2 is 1.96 bits per heavy atom. The van der Waals surface area contributed by atoms with Gasteiger partial charge in [0.15, 0.2) is 0 Å². The molecule has 0 aliphatic rings. The summed E-state index contributed by atoms with van der Waals surface area (Å²) in [5.41, 5.74) is 1.98. The lowest BCUT2D eigenvalue weighted by Gasteiger charge is -2.16. The summed E-state index contributed by atoms with van der Waals surface area (Å²) in [6.07, 6.45) is 0.887. The predicted molar refractivity (Wildman–Crippen MR) is 96.3 cm³/mol. The molecule has 2 aromatic rings. The molecule has 0 atom stereocenters. The lowest BCUT2D eigenvalue weighted by Crippen LogP contribution is -2.30. The minimum atomic E-state index is -0.0547. The lowest BCUT2D eigenvalue weighted by molar-refractivity contribution is -0.114. The van der Waals surface area contributed by atoms with Crippen molar-refractivity contribution in [3.05, 3.63) is 34.8 Å². The van der Waals surface area contributed by atoms with Gasteiger partial charge in [-0.3, -0.25) is 4.79 Å². The van der Waals surface area contributed by atoms with E-state index in [4.69, 9.17) is 0 Å². The molecule has 0 spiro atoms. The predicted octanol–water partition coefficient (Wildman–Crippen LogP) is 3.47. The second kappa shape index (κ2) is 7.08. The maximum Gasteiger partial charge on any atom is 0.243 e. The monoisotopic (exact) mass is 332 g/mol. The third kappa shape index (κ3) is 4.51. The van der Waals surface area contributed by atoms with Gasteiger partial charge >= 0.3 is 0 Å². The highest BCUT2D eigenvalue weighted by molar-refractivity contribution is 7.15. The molecule has 0 saturated carbocycles. The van der Waals surface area contributed by atoms with Crippen LogP contribution in [0, 0.1) is 0 Å². The summed E-state index contributed by atoms with van der Waals surface area (Å²) in [5.74, 6) is -0.0547. The van der Waals surface area contributed by atoms with Crippen LogP contribution in [0.15, 0.2) is 24.3 Å². The van der Waals surface area contributed by atoms with E-state index in [2.05, 4.69) is 43.2 Å². The largest absolute Gasteiger partial charge is 0.340 e. The van der Waals surface area contributed by atoms with E-state index >= 15 is 0 Å². The van der Waals surface area contributed by atoms with Crippen molar-refractivity contribution in [3.8, 4) is 0 Å². The second-order valence-corrected chi connectivity index (χ2v) is 7.51. The van der Waals surface area contributed by atoms with Crippen LogP contribution in [0.2, 0.25) is 0 Å². The van der Waals surface area contributed by atoms with Gasteiger partial charge in [0.05, 0.1) is 6.54 Å². The standard InChI is InChI=1S/C17H24N4OS/c1-6-12-9-7-8-10-13(12)18-14(22)11-21(5)16-20-19-15(23-16)17(2,3)4/h7-10H,6,11H2,1-5H3,(H,18,22). The van der Waals surface area contributed by atoms with Crippen molar-refractivity contribution in [2.75, 3.05) is 23.8 Å². The number of amides is 1. The zero-order chi connectivity index (χ0) is 17.0. The Hall–Kier alpha value is -1.95. The number of benzene rings is 1. The normalized spacial score (nSPS) is 11.3. The number of hydrogen-bond acceptors (Lipinski definition) is 5. The van der Waals surface area contributed by atoms with E-state index in [1.807, 2.05) is 36.2 Å². The number of nitrogens with zero attached hydrogens (tertiary/aromatic N) is 3. The summed E-state index contributed by atoms with van der Waals surface area (Å²) in [6, 6.07) is 7.87.